The van der Waals surface area contributed by atoms with E-state index < -0.39 is 12.1 Å². The van der Waals surface area contributed by atoms with E-state index in [4.69, 9.17) is 5.11 Å². The molecule has 0 aliphatic carbocycles. The highest BCUT2D eigenvalue weighted by atomic mass is 16.4. The van der Waals surface area contributed by atoms with Crippen LogP contribution in [0.4, 0.5) is 4.79 Å². The molecule has 0 fully saturated rings. The van der Waals surface area contributed by atoms with Gasteiger partial charge in [0, 0.05) is 19.0 Å². The van der Waals surface area contributed by atoms with Crippen molar-refractivity contribution in [3.63, 3.8) is 0 Å². The molecule has 0 aliphatic rings. The van der Waals surface area contributed by atoms with Crippen molar-refractivity contribution in [2.75, 3.05) is 0 Å². The topological polar surface area (TPSA) is 78.4 Å². The summed E-state index contributed by atoms with van der Waals surface area (Å²) in [5.41, 5.74) is 1.04. The predicted molar refractivity (Wildman–Crippen MR) is 81.0 cm³/mol. The molecule has 0 aliphatic heterocycles. The van der Waals surface area contributed by atoms with Gasteiger partial charge in [0.05, 0.1) is 0 Å². The Morgan fingerprint density at radius 1 is 1.14 bits per heavy atom. The molecule has 5 nitrogen and oxygen atoms in total. The molecule has 0 saturated carbocycles. The van der Waals surface area contributed by atoms with Crippen LogP contribution in [0.3, 0.4) is 0 Å². The van der Waals surface area contributed by atoms with Gasteiger partial charge in [-0.25, -0.2) is 4.79 Å². The summed E-state index contributed by atoms with van der Waals surface area (Å²) >= 11 is 0. The van der Waals surface area contributed by atoms with Gasteiger partial charge in [-0.3, -0.25) is 4.79 Å². The van der Waals surface area contributed by atoms with Crippen LogP contribution in [-0.4, -0.2) is 23.1 Å². The third-order valence-corrected chi connectivity index (χ3v) is 3.22. The lowest BCUT2D eigenvalue weighted by molar-refractivity contribution is -0.121. The molecule has 2 rings (SSSR count). The Hall–Kier alpha value is -2.56. The first-order valence-corrected chi connectivity index (χ1v) is 6.79. The van der Waals surface area contributed by atoms with Crippen molar-refractivity contribution in [1.29, 1.82) is 0 Å². The summed E-state index contributed by atoms with van der Waals surface area (Å²) in [5.74, 6) is -0.177. The van der Waals surface area contributed by atoms with Crippen LogP contribution in [0.15, 0.2) is 42.5 Å². The molecule has 21 heavy (non-hydrogen) atoms. The summed E-state index contributed by atoms with van der Waals surface area (Å²) in [4.78, 5) is 22.3. The Morgan fingerprint density at radius 2 is 1.86 bits per heavy atom. The van der Waals surface area contributed by atoms with E-state index in [-0.39, 0.29) is 12.3 Å². The maximum atomic E-state index is 11.8. The molecule has 5 heteroatoms. The summed E-state index contributed by atoms with van der Waals surface area (Å²) in [6.07, 6.45) is -0.999. The average molecular weight is 286 g/mol. The van der Waals surface area contributed by atoms with Crippen LogP contribution in [0, 0.1) is 0 Å². The predicted octanol–water partition coefficient (Wildman–Crippen LogP) is 2.50. The molecule has 0 aromatic heterocycles. The molecule has 0 heterocycles. The Bertz CT molecular complexity index is 650. The standard InChI is InChI=1S/C16H18N2O3/c1-11(18-16(20)21)9-15(19)17-10-13-7-4-6-12-5-2-3-8-14(12)13/h2-8,11,18H,9-10H2,1H3,(H,17,19)(H,20,21)/t11-/m0/s1. The molecular formula is C16H18N2O3. The Morgan fingerprint density at radius 3 is 2.62 bits per heavy atom. The fourth-order valence-electron chi connectivity index (χ4n) is 2.25. The van der Waals surface area contributed by atoms with E-state index in [1.54, 1.807) is 6.92 Å². The van der Waals surface area contributed by atoms with Crippen LogP contribution in [0.1, 0.15) is 18.9 Å². The quantitative estimate of drug-likeness (QED) is 0.790. The van der Waals surface area contributed by atoms with Gasteiger partial charge in [-0.1, -0.05) is 42.5 Å². The number of carbonyl (C=O) groups is 2. The molecule has 2 amide bonds. The molecule has 2 aromatic rings. The number of nitrogens with one attached hydrogen (secondary N) is 2. The summed E-state index contributed by atoms with van der Waals surface area (Å²) in [7, 11) is 0. The minimum atomic E-state index is -1.12. The van der Waals surface area contributed by atoms with E-state index in [0.29, 0.717) is 6.54 Å². The van der Waals surface area contributed by atoms with Gasteiger partial charge in [0.25, 0.3) is 0 Å². The zero-order valence-electron chi connectivity index (χ0n) is 11.8. The number of fused-ring (bicyclic) bond motifs is 1. The zero-order chi connectivity index (χ0) is 15.2. The summed E-state index contributed by atoms with van der Waals surface area (Å²) < 4.78 is 0. The highest BCUT2D eigenvalue weighted by Crippen LogP contribution is 2.18. The highest BCUT2D eigenvalue weighted by Gasteiger charge is 2.11. The van der Waals surface area contributed by atoms with E-state index >= 15 is 0 Å². The van der Waals surface area contributed by atoms with Gasteiger partial charge in [0.15, 0.2) is 0 Å². The lowest BCUT2D eigenvalue weighted by Crippen LogP contribution is -2.36. The van der Waals surface area contributed by atoms with Crippen LogP contribution in [-0.2, 0) is 11.3 Å². The van der Waals surface area contributed by atoms with E-state index in [1.165, 1.54) is 0 Å². The number of carboxylic acid groups (broad SMARTS) is 1. The van der Waals surface area contributed by atoms with E-state index in [2.05, 4.69) is 10.6 Å². The Kier molecular flexibility index (Phi) is 4.77. The molecular weight excluding hydrogens is 268 g/mol. The van der Waals surface area contributed by atoms with Crippen LogP contribution in [0.25, 0.3) is 10.8 Å². The van der Waals surface area contributed by atoms with Crippen molar-refractivity contribution >= 4 is 22.8 Å². The van der Waals surface area contributed by atoms with Crippen LogP contribution < -0.4 is 10.6 Å². The normalized spacial score (nSPS) is 11.9. The van der Waals surface area contributed by atoms with Gasteiger partial charge in [0.2, 0.25) is 5.91 Å². The zero-order valence-corrected chi connectivity index (χ0v) is 11.8. The van der Waals surface area contributed by atoms with Crippen LogP contribution in [0.5, 0.6) is 0 Å². The molecule has 0 saturated heterocycles. The van der Waals surface area contributed by atoms with Gasteiger partial charge in [-0.2, -0.15) is 0 Å². The van der Waals surface area contributed by atoms with Gasteiger partial charge in [-0.15, -0.1) is 0 Å². The first kappa shape index (κ1) is 14.8. The average Bonchev–Trinajstić information content (AvgIpc) is 2.44. The minimum Gasteiger partial charge on any atom is -0.465 e. The van der Waals surface area contributed by atoms with Gasteiger partial charge < -0.3 is 15.7 Å². The highest BCUT2D eigenvalue weighted by molar-refractivity contribution is 5.86. The van der Waals surface area contributed by atoms with E-state index in [0.717, 1.165) is 16.3 Å². The third-order valence-electron chi connectivity index (χ3n) is 3.22. The molecule has 0 radical (unpaired) electrons. The molecule has 2 aromatic carbocycles. The second-order valence-corrected chi connectivity index (χ2v) is 4.97. The Balaban J connectivity index is 1.95. The molecule has 1 atom stereocenters. The number of amides is 2. The van der Waals surface area contributed by atoms with E-state index in [9.17, 15) is 9.59 Å². The molecule has 110 valence electrons. The SMILES string of the molecule is C[C@@H](CC(=O)NCc1cccc2ccccc12)NC(=O)O. The molecule has 0 spiro atoms. The largest absolute Gasteiger partial charge is 0.465 e. The summed E-state index contributed by atoms with van der Waals surface area (Å²) in [5, 5.41) is 15.9. The fourth-order valence-corrected chi connectivity index (χ4v) is 2.25. The minimum absolute atomic E-state index is 0.122. The number of carbonyl (C=O) groups excluding carboxylic acids is 1. The first-order valence-electron chi connectivity index (χ1n) is 6.79. The fraction of sp³-hybridized carbons (Fsp3) is 0.250. The maximum Gasteiger partial charge on any atom is 0.404 e. The molecule has 0 unspecified atom stereocenters. The third kappa shape index (κ3) is 4.21. The number of benzene rings is 2. The summed E-state index contributed by atoms with van der Waals surface area (Å²) in [6.45, 7) is 2.09. The lowest BCUT2D eigenvalue weighted by atomic mass is 10.0. The second kappa shape index (κ2) is 6.74. The van der Waals surface area contributed by atoms with Crippen molar-refractivity contribution in [2.24, 2.45) is 0 Å². The first-order chi connectivity index (χ1) is 10.1. The molecule has 0 bridgehead atoms. The van der Waals surface area contributed by atoms with Gasteiger partial charge in [-0.05, 0) is 23.3 Å². The van der Waals surface area contributed by atoms with Crippen molar-refractivity contribution in [2.45, 2.75) is 25.9 Å². The van der Waals surface area contributed by atoms with Crippen LogP contribution >= 0.6 is 0 Å². The second-order valence-electron chi connectivity index (χ2n) is 4.97. The van der Waals surface area contributed by atoms with Crippen LogP contribution in [0.2, 0.25) is 0 Å². The van der Waals surface area contributed by atoms with Crippen molar-refractivity contribution in [3.8, 4) is 0 Å². The maximum absolute atomic E-state index is 11.8. The van der Waals surface area contributed by atoms with E-state index in [1.807, 2.05) is 42.5 Å². The smallest absolute Gasteiger partial charge is 0.404 e. The van der Waals surface area contributed by atoms with Gasteiger partial charge >= 0.3 is 6.09 Å². The van der Waals surface area contributed by atoms with Crippen molar-refractivity contribution in [3.05, 3.63) is 48.0 Å². The van der Waals surface area contributed by atoms with Gasteiger partial charge in [0.1, 0.15) is 0 Å². The monoisotopic (exact) mass is 286 g/mol. The number of rotatable bonds is 5. The van der Waals surface area contributed by atoms with Crippen molar-refractivity contribution < 1.29 is 14.7 Å². The molecule has 3 N–H and O–H groups in total. The lowest BCUT2D eigenvalue weighted by Gasteiger charge is -2.12. The van der Waals surface area contributed by atoms with Crippen molar-refractivity contribution in [1.82, 2.24) is 10.6 Å². The Labute approximate surface area is 123 Å². The summed E-state index contributed by atoms with van der Waals surface area (Å²) in [6, 6.07) is 13.5. The number of hydrogen-bond acceptors (Lipinski definition) is 2. The number of hydrogen-bond donors (Lipinski definition) is 3.